The number of thiophene rings is 1. The zero-order valence-electron chi connectivity index (χ0n) is 10.5. The van der Waals surface area contributed by atoms with Crippen molar-refractivity contribution in [1.82, 2.24) is 9.55 Å². The lowest BCUT2D eigenvalue weighted by Crippen LogP contribution is -2.12. The quantitative estimate of drug-likeness (QED) is 0.770. The molecule has 7 heteroatoms. The van der Waals surface area contributed by atoms with Crippen LogP contribution in [0.5, 0.6) is 0 Å². The minimum atomic E-state index is -0.260. The molecule has 3 aromatic heterocycles. The summed E-state index contributed by atoms with van der Waals surface area (Å²) in [6.07, 6.45) is 5.33. The van der Waals surface area contributed by atoms with Crippen LogP contribution in [0.1, 0.15) is 10.4 Å². The number of carbonyl (C=O) groups is 1. The Labute approximate surface area is 128 Å². The standard InChI is InChI=1S/C13H10ClN3OS2/c1-17-4-5-19-13(17)16-12(18)9-7-15-6-8(9)10-2-3-11(14)20-10/h2-7,15H,1H3. The normalized spacial score (nSPS) is 12.0. The van der Waals surface area contributed by atoms with E-state index in [1.165, 1.54) is 22.7 Å². The molecule has 0 saturated heterocycles. The molecule has 0 radical (unpaired) electrons. The molecule has 4 nitrogen and oxygen atoms in total. The molecule has 0 atom stereocenters. The molecule has 20 heavy (non-hydrogen) atoms. The van der Waals surface area contributed by atoms with Crippen molar-refractivity contribution in [2.45, 2.75) is 0 Å². The lowest BCUT2D eigenvalue weighted by atomic mass is 10.1. The van der Waals surface area contributed by atoms with E-state index in [1.807, 2.05) is 35.3 Å². The van der Waals surface area contributed by atoms with E-state index < -0.39 is 0 Å². The summed E-state index contributed by atoms with van der Waals surface area (Å²) in [5, 5.41) is 1.89. The zero-order valence-corrected chi connectivity index (χ0v) is 12.9. The van der Waals surface area contributed by atoms with Gasteiger partial charge in [-0.3, -0.25) is 4.79 Å². The number of hydrogen-bond donors (Lipinski definition) is 1. The Balaban J connectivity index is 2.02. The maximum absolute atomic E-state index is 12.3. The van der Waals surface area contributed by atoms with Gasteiger partial charge in [0, 0.05) is 41.5 Å². The average molecular weight is 324 g/mol. The number of nitrogens with one attached hydrogen (secondary N) is 1. The smallest absolute Gasteiger partial charge is 0.281 e. The Morgan fingerprint density at radius 1 is 1.40 bits per heavy atom. The molecule has 1 N–H and O–H groups in total. The van der Waals surface area contributed by atoms with Gasteiger partial charge in [0.2, 0.25) is 0 Å². The van der Waals surface area contributed by atoms with E-state index in [2.05, 4.69) is 9.98 Å². The van der Waals surface area contributed by atoms with E-state index >= 15 is 0 Å². The number of hydrogen-bond acceptors (Lipinski definition) is 3. The molecule has 0 bridgehead atoms. The number of amides is 1. The third-order valence-corrected chi connectivity index (χ3v) is 4.88. The number of carbonyl (C=O) groups excluding carboxylic acids is 1. The van der Waals surface area contributed by atoms with Gasteiger partial charge in [-0.15, -0.1) is 22.7 Å². The van der Waals surface area contributed by atoms with Gasteiger partial charge < -0.3 is 9.55 Å². The molecule has 0 aliphatic carbocycles. The highest BCUT2D eigenvalue weighted by molar-refractivity contribution is 7.19. The van der Waals surface area contributed by atoms with Crippen LogP contribution in [-0.4, -0.2) is 15.5 Å². The van der Waals surface area contributed by atoms with E-state index in [0.717, 1.165) is 10.4 Å². The number of aromatic nitrogens is 2. The van der Waals surface area contributed by atoms with E-state index in [1.54, 1.807) is 12.4 Å². The second-order valence-electron chi connectivity index (χ2n) is 4.10. The molecule has 0 aliphatic rings. The van der Waals surface area contributed by atoms with Gasteiger partial charge in [0.05, 0.1) is 9.90 Å². The Morgan fingerprint density at radius 2 is 2.25 bits per heavy atom. The van der Waals surface area contributed by atoms with Crippen LogP contribution in [0.15, 0.2) is 41.1 Å². The number of thiazole rings is 1. The van der Waals surface area contributed by atoms with Crippen molar-refractivity contribution in [2.75, 3.05) is 0 Å². The first-order chi connectivity index (χ1) is 9.65. The van der Waals surface area contributed by atoms with Crippen molar-refractivity contribution < 1.29 is 4.79 Å². The van der Waals surface area contributed by atoms with Crippen LogP contribution in [0, 0.1) is 0 Å². The SMILES string of the molecule is Cn1ccsc1=NC(=O)c1c[nH]cc1-c1ccc(Cl)s1. The van der Waals surface area contributed by atoms with Crippen molar-refractivity contribution >= 4 is 40.2 Å². The van der Waals surface area contributed by atoms with Crippen LogP contribution in [0.3, 0.4) is 0 Å². The molecule has 0 aromatic carbocycles. The summed E-state index contributed by atoms with van der Waals surface area (Å²) in [6.45, 7) is 0. The van der Waals surface area contributed by atoms with Crippen LogP contribution < -0.4 is 4.80 Å². The van der Waals surface area contributed by atoms with Crippen LogP contribution in [0.4, 0.5) is 0 Å². The summed E-state index contributed by atoms with van der Waals surface area (Å²) in [5.74, 6) is -0.260. The Hall–Kier alpha value is -1.63. The summed E-state index contributed by atoms with van der Waals surface area (Å²) in [5.41, 5.74) is 1.38. The van der Waals surface area contributed by atoms with Crippen molar-refractivity contribution in [1.29, 1.82) is 0 Å². The van der Waals surface area contributed by atoms with E-state index in [4.69, 9.17) is 11.6 Å². The van der Waals surface area contributed by atoms with Crippen molar-refractivity contribution in [3.05, 3.63) is 50.8 Å². The zero-order chi connectivity index (χ0) is 14.1. The van der Waals surface area contributed by atoms with Crippen LogP contribution >= 0.6 is 34.3 Å². The molecule has 0 unspecified atom stereocenters. The van der Waals surface area contributed by atoms with Crippen LogP contribution in [0.25, 0.3) is 10.4 Å². The molecule has 0 saturated carbocycles. The molecule has 0 fully saturated rings. The molecular weight excluding hydrogens is 314 g/mol. The predicted octanol–water partition coefficient (Wildman–Crippen LogP) is 3.54. The Bertz CT molecular complexity index is 824. The summed E-state index contributed by atoms with van der Waals surface area (Å²) in [4.78, 5) is 21.0. The predicted molar refractivity (Wildman–Crippen MR) is 82.3 cm³/mol. The van der Waals surface area contributed by atoms with Crippen LogP contribution in [0.2, 0.25) is 4.34 Å². The molecular formula is C13H10ClN3OS2. The molecule has 0 spiro atoms. The van der Waals surface area contributed by atoms with Gasteiger partial charge >= 0.3 is 0 Å². The number of aryl methyl sites for hydroxylation is 1. The minimum Gasteiger partial charge on any atom is -0.366 e. The fraction of sp³-hybridized carbons (Fsp3) is 0.0769. The highest BCUT2D eigenvalue weighted by atomic mass is 35.5. The van der Waals surface area contributed by atoms with Crippen molar-refractivity contribution in [2.24, 2.45) is 12.0 Å². The second kappa shape index (κ2) is 5.40. The number of H-pyrrole nitrogens is 1. The second-order valence-corrected chi connectivity index (χ2v) is 6.69. The highest BCUT2D eigenvalue weighted by Crippen LogP contribution is 2.33. The van der Waals surface area contributed by atoms with Crippen molar-refractivity contribution in [3.63, 3.8) is 0 Å². The lowest BCUT2D eigenvalue weighted by Gasteiger charge is -1.96. The average Bonchev–Trinajstić information content (AvgIpc) is 3.11. The van der Waals surface area contributed by atoms with Crippen LogP contribution in [-0.2, 0) is 7.05 Å². The third-order valence-electron chi connectivity index (χ3n) is 2.77. The molecule has 0 aliphatic heterocycles. The minimum absolute atomic E-state index is 0.260. The number of aromatic amines is 1. The van der Waals surface area contributed by atoms with Gasteiger partial charge in [-0.05, 0) is 12.1 Å². The monoisotopic (exact) mass is 323 g/mol. The maximum Gasteiger partial charge on any atom is 0.281 e. The number of rotatable bonds is 2. The fourth-order valence-corrected chi connectivity index (χ4v) is 3.59. The van der Waals surface area contributed by atoms with E-state index in [0.29, 0.717) is 14.7 Å². The largest absolute Gasteiger partial charge is 0.366 e. The van der Waals surface area contributed by atoms with E-state index in [9.17, 15) is 4.79 Å². The molecule has 1 amide bonds. The first-order valence-electron chi connectivity index (χ1n) is 5.77. The first-order valence-corrected chi connectivity index (χ1v) is 7.84. The molecule has 3 aromatic rings. The Kier molecular flexibility index (Phi) is 3.60. The summed E-state index contributed by atoms with van der Waals surface area (Å²) >= 11 is 8.81. The Morgan fingerprint density at radius 3 is 2.90 bits per heavy atom. The summed E-state index contributed by atoms with van der Waals surface area (Å²) in [7, 11) is 1.86. The molecule has 3 rings (SSSR count). The highest BCUT2D eigenvalue weighted by Gasteiger charge is 2.15. The summed E-state index contributed by atoms with van der Waals surface area (Å²) in [6, 6.07) is 3.72. The van der Waals surface area contributed by atoms with Gasteiger partial charge in [-0.1, -0.05) is 11.6 Å². The van der Waals surface area contributed by atoms with Gasteiger partial charge in [-0.25, -0.2) is 0 Å². The van der Waals surface area contributed by atoms with Gasteiger partial charge in [0.25, 0.3) is 5.91 Å². The topological polar surface area (TPSA) is 50.1 Å². The molecule has 102 valence electrons. The summed E-state index contributed by atoms with van der Waals surface area (Å²) < 4.78 is 2.51. The first kappa shape index (κ1) is 13.4. The lowest BCUT2D eigenvalue weighted by molar-refractivity contribution is 0.0998. The maximum atomic E-state index is 12.3. The third kappa shape index (κ3) is 2.49. The fourth-order valence-electron chi connectivity index (χ4n) is 1.79. The van der Waals surface area contributed by atoms with Gasteiger partial charge in [0.1, 0.15) is 0 Å². The van der Waals surface area contributed by atoms with E-state index in [-0.39, 0.29) is 5.91 Å². The molecule has 3 heterocycles. The van der Waals surface area contributed by atoms with Gasteiger partial charge in [0.15, 0.2) is 4.80 Å². The number of halogens is 1. The van der Waals surface area contributed by atoms with Crippen molar-refractivity contribution in [3.8, 4) is 10.4 Å². The van der Waals surface area contributed by atoms with Gasteiger partial charge in [-0.2, -0.15) is 4.99 Å². The number of nitrogens with zero attached hydrogens (tertiary/aromatic N) is 2.